The molecule has 4 amide bonds. The molecule has 2 rings (SSSR count). The molecule has 0 aliphatic heterocycles. The number of ether oxygens (including phenoxy) is 4. The van der Waals surface area contributed by atoms with E-state index >= 15 is 0 Å². The molecule has 0 heterocycles. The van der Waals surface area contributed by atoms with Crippen LogP contribution in [0.1, 0.15) is 142 Å². The van der Waals surface area contributed by atoms with Gasteiger partial charge in [-0.05, 0) is 80.8 Å². The van der Waals surface area contributed by atoms with E-state index in [-0.39, 0.29) is 131 Å². The Kier molecular flexibility index (Phi) is 36.9. The third kappa shape index (κ3) is 33.0. The number of methoxy groups -OCH3 is 2. The molecule has 19 heteroatoms. The van der Waals surface area contributed by atoms with Gasteiger partial charge in [-0.3, -0.25) is 47.9 Å². The summed E-state index contributed by atoms with van der Waals surface area (Å²) in [6.07, 6.45) is 2.71. The molecule has 5 atom stereocenters. The first-order valence-electron chi connectivity index (χ1n) is 28.6. The van der Waals surface area contributed by atoms with Crippen LogP contribution in [0, 0.1) is 23.7 Å². The van der Waals surface area contributed by atoms with E-state index in [0.29, 0.717) is 78.2 Å². The van der Waals surface area contributed by atoms with E-state index < -0.39 is 59.4 Å². The molecular weight excluding hydrogens is 1030 g/mol. The normalized spacial score (nSPS) is 13.2. The molecule has 0 spiro atoms. The molecule has 2 aromatic rings. The SMILES string of the molecule is COCCOCCCCC(=O)CNC(=O)C(CC(=O)C(Cc1ccccc1)NC(=O)CCC(=O)CCC(N)C(=O)CCC(=O)NC(Cc1ccccc1)C(=O)CC(CC(C)C)C(=O)NCC(=O)CCCCOCCOC)CC(C)C. The Morgan fingerprint density at radius 1 is 0.463 bits per heavy atom. The van der Waals surface area contributed by atoms with Crippen molar-refractivity contribution in [2.24, 2.45) is 29.4 Å². The fourth-order valence-corrected chi connectivity index (χ4v) is 8.85. The minimum Gasteiger partial charge on any atom is -0.382 e. The molecule has 6 N–H and O–H groups in total. The first kappa shape index (κ1) is 70.2. The zero-order valence-electron chi connectivity index (χ0n) is 48.5. The molecule has 0 aliphatic rings. The zero-order valence-corrected chi connectivity index (χ0v) is 48.5. The van der Waals surface area contributed by atoms with Crippen LogP contribution < -0.4 is 27.0 Å². The number of carbonyl (C=O) groups is 10. The summed E-state index contributed by atoms with van der Waals surface area (Å²) >= 11 is 0. The molecule has 0 fully saturated rings. The van der Waals surface area contributed by atoms with Crippen molar-refractivity contribution in [2.45, 2.75) is 161 Å². The van der Waals surface area contributed by atoms with Crippen LogP contribution in [-0.4, -0.2) is 143 Å². The van der Waals surface area contributed by atoms with Gasteiger partial charge in [-0.25, -0.2) is 0 Å². The lowest BCUT2D eigenvalue weighted by atomic mass is 9.88. The van der Waals surface area contributed by atoms with Crippen LogP contribution in [-0.2, 0) is 79.7 Å². The van der Waals surface area contributed by atoms with Crippen molar-refractivity contribution >= 4 is 58.3 Å². The zero-order chi connectivity index (χ0) is 59.1. The number of Topliss-reactive ketones (excluding diaryl/α,β-unsaturated/α-hetero) is 6. The molecular formula is C61H93N5O14. The molecule has 0 saturated carbocycles. The minimum atomic E-state index is -1.08. The second-order valence-electron chi connectivity index (χ2n) is 21.4. The predicted molar refractivity (Wildman–Crippen MR) is 304 cm³/mol. The van der Waals surface area contributed by atoms with Crippen molar-refractivity contribution < 1.29 is 66.9 Å². The molecule has 0 saturated heterocycles. The van der Waals surface area contributed by atoms with E-state index in [1.165, 1.54) is 0 Å². The van der Waals surface area contributed by atoms with E-state index in [9.17, 15) is 47.9 Å². The Labute approximate surface area is 474 Å². The van der Waals surface area contributed by atoms with E-state index in [4.69, 9.17) is 24.7 Å². The number of nitrogens with two attached hydrogens (primary N) is 1. The van der Waals surface area contributed by atoms with Gasteiger partial charge < -0.3 is 45.9 Å². The average molecular weight is 1120 g/mol. The van der Waals surface area contributed by atoms with Gasteiger partial charge in [0.25, 0.3) is 0 Å². The number of amides is 4. The van der Waals surface area contributed by atoms with Crippen LogP contribution in [0.4, 0.5) is 0 Å². The Bertz CT molecular complexity index is 2190. The number of ketones is 6. The molecule has 80 heavy (non-hydrogen) atoms. The van der Waals surface area contributed by atoms with Crippen LogP contribution in [0.3, 0.4) is 0 Å². The smallest absolute Gasteiger partial charge is 0.223 e. The standard InChI is InChI=1S/C61H93N5O14/c1-43(2)35-47(60(75)63-41-50(68)21-13-15-29-79-33-31-77-5)39-56(71)53(37-45-17-9-7-10-18-45)65-58(73)27-24-49(67)23-25-52(62)55(70)26-28-59(74)66-54(38-46-19-11-8-12-20-46)57(72)40-48(36-44(3)4)61(76)64-42-51(69)22-14-16-30-80-34-32-78-6/h7-12,17-20,43-44,47-48,52-54H,13-16,21-42,62H2,1-6H3,(H,63,75)(H,64,76)(H,65,73)(H,66,74). The lowest BCUT2D eigenvalue weighted by molar-refractivity contribution is -0.133. The highest BCUT2D eigenvalue weighted by Crippen LogP contribution is 2.21. The van der Waals surface area contributed by atoms with Crippen LogP contribution in [0.15, 0.2) is 60.7 Å². The Hall–Kier alpha value is -5.86. The summed E-state index contributed by atoms with van der Waals surface area (Å²) in [6, 6.07) is 15.1. The van der Waals surface area contributed by atoms with Gasteiger partial charge in [-0.1, -0.05) is 88.4 Å². The quantitative estimate of drug-likeness (QED) is 0.0510. The van der Waals surface area contributed by atoms with Gasteiger partial charge in [0.1, 0.15) is 11.6 Å². The van der Waals surface area contributed by atoms with E-state index in [0.717, 1.165) is 11.1 Å². The Balaban J connectivity index is 1.95. The van der Waals surface area contributed by atoms with E-state index in [1.54, 1.807) is 26.4 Å². The molecule has 19 nitrogen and oxygen atoms in total. The third-order valence-corrected chi connectivity index (χ3v) is 13.3. The number of hydrogen-bond acceptors (Lipinski definition) is 15. The van der Waals surface area contributed by atoms with Crippen molar-refractivity contribution in [3.63, 3.8) is 0 Å². The topological polar surface area (TPSA) is 282 Å². The lowest BCUT2D eigenvalue weighted by Crippen LogP contribution is -2.45. The second kappa shape index (κ2) is 42.1. The minimum absolute atomic E-state index is 0.0323. The fraction of sp³-hybridized carbons (Fsp3) is 0.639. The molecule has 0 aliphatic carbocycles. The lowest BCUT2D eigenvalue weighted by Gasteiger charge is -2.23. The number of nitrogens with one attached hydrogen (secondary N) is 4. The van der Waals surface area contributed by atoms with Crippen LogP contribution in [0.25, 0.3) is 0 Å². The molecule has 0 aromatic heterocycles. The van der Waals surface area contributed by atoms with E-state index in [1.807, 2.05) is 76.2 Å². The molecule has 0 radical (unpaired) electrons. The summed E-state index contributed by atoms with van der Waals surface area (Å²) < 4.78 is 20.8. The van der Waals surface area contributed by atoms with Crippen molar-refractivity contribution in [2.75, 3.05) is 67.0 Å². The van der Waals surface area contributed by atoms with Crippen LogP contribution in [0.5, 0.6) is 0 Å². The maximum atomic E-state index is 13.9. The number of hydrogen-bond donors (Lipinski definition) is 5. The maximum Gasteiger partial charge on any atom is 0.223 e. The van der Waals surface area contributed by atoms with Crippen LogP contribution in [0.2, 0.25) is 0 Å². The van der Waals surface area contributed by atoms with Crippen LogP contribution >= 0.6 is 0 Å². The van der Waals surface area contributed by atoms with Gasteiger partial charge in [0.15, 0.2) is 23.1 Å². The highest BCUT2D eigenvalue weighted by Gasteiger charge is 2.31. The van der Waals surface area contributed by atoms with Gasteiger partial charge in [-0.15, -0.1) is 0 Å². The fourth-order valence-electron chi connectivity index (χ4n) is 8.85. The van der Waals surface area contributed by atoms with Gasteiger partial charge in [0.05, 0.1) is 57.6 Å². The molecule has 0 bridgehead atoms. The predicted octanol–water partition coefficient (Wildman–Crippen LogP) is 5.53. The summed E-state index contributed by atoms with van der Waals surface area (Å²) in [6.45, 7) is 10.3. The van der Waals surface area contributed by atoms with Gasteiger partial charge in [-0.2, -0.15) is 0 Å². The molecule has 2 aromatic carbocycles. The summed E-state index contributed by atoms with van der Waals surface area (Å²) in [7, 11) is 3.18. The molecule has 5 unspecified atom stereocenters. The van der Waals surface area contributed by atoms with Crippen molar-refractivity contribution in [3.05, 3.63) is 71.8 Å². The monoisotopic (exact) mass is 1120 g/mol. The average Bonchev–Trinajstić information content (AvgIpc) is 3.45. The summed E-state index contributed by atoms with van der Waals surface area (Å²) in [5, 5.41) is 11.0. The highest BCUT2D eigenvalue weighted by atomic mass is 16.5. The number of carbonyl (C=O) groups excluding carboxylic acids is 10. The second-order valence-corrected chi connectivity index (χ2v) is 21.4. The van der Waals surface area contributed by atoms with E-state index in [2.05, 4.69) is 21.3 Å². The highest BCUT2D eigenvalue weighted by molar-refractivity contribution is 5.96. The van der Waals surface area contributed by atoms with Crippen molar-refractivity contribution in [1.29, 1.82) is 0 Å². The number of benzene rings is 2. The summed E-state index contributed by atoms with van der Waals surface area (Å²) in [4.78, 5) is 133. The maximum absolute atomic E-state index is 13.9. The summed E-state index contributed by atoms with van der Waals surface area (Å²) in [5.74, 6) is -5.16. The van der Waals surface area contributed by atoms with Gasteiger partial charge in [0, 0.05) is 97.1 Å². The first-order chi connectivity index (χ1) is 38.3. The molecule has 446 valence electrons. The third-order valence-electron chi connectivity index (χ3n) is 13.3. The Morgan fingerprint density at radius 3 is 1.27 bits per heavy atom. The van der Waals surface area contributed by atoms with Crippen molar-refractivity contribution in [3.8, 4) is 0 Å². The van der Waals surface area contributed by atoms with Crippen molar-refractivity contribution in [1.82, 2.24) is 21.3 Å². The van der Waals surface area contributed by atoms with Gasteiger partial charge in [0.2, 0.25) is 23.6 Å². The number of rotatable bonds is 48. The number of unbranched alkanes of at least 4 members (excludes halogenated alkanes) is 2. The largest absolute Gasteiger partial charge is 0.382 e. The Morgan fingerprint density at radius 2 is 0.875 bits per heavy atom. The first-order valence-corrected chi connectivity index (χ1v) is 28.6. The van der Waals surface area contributed by atoms with Gasteiger partial charge >= 0.3 is 0 Å². The summed E-state index contributed by atoms with van der Waals surface area (Å²) in [5.41, 5.74) is 7.74.